The summed E-state index contributed by atoms with van der Waals surface area (Å²) in [6.45, 7) is 3.48. The number of ether oxygens (including phenoxy) is 2. The summed E-state index contributed by atoms with van der Waals surface area (Å²) in [6, 6.07) is 4.50. The Bertz CT molecular complexity index is 493. The molecule has 0 aromatic heterocycles. The maximum atomic E-state index is 6.20. The highest BCUT2D eigenvalue weighted by molar-refractivity contribution is 9.10. The van der Waals surface area contributed by atoms with E-state index in [0.29, 0.717) is 6.04 Å². The molecule has 20 heavy (non-hydrogen) atoms. The van der Waals surface area contributed by atoms with Crippen LogP contribution in [-0.2, 0) is 9.47 Å². The van der Waals surface area contributed by atoms with Gasteiger partial charge in [0.05, 0.1) is 18.9 Å². The van der Waals surface area contributed by atoms with Gasteiger partial charge < -0.3 is 14.8 Å². The lowest BCUT2D eigenvalue weighted by atomic mass is 9.90. The van der Waals surface area contributed by atoms with Crippen LogP contribution in [0.4, 0.5) is 5.69 Å². The first-order valence-electron chi connectivity index (χ1n) is 7.08. The van der Waals surface area contributed by atoms with Crippen molar-refractivity contribution in [3.05, 3.63) is 27.2 Å². The Morgan fingerprint density at radius 1 is 1.25 bits per heavy atom. The third-order valence-electron chi connectivity index (χ3n) is 4.17. The molecule has 2 aliphatic rings. The van der Waals surface area contributed by atoms with Gasteiger partial charge in [-0.2, -0.15) is 0 Å². The van der Waals surface area contributed by atoms with Gasteiger partial charge in [0.15, 0.2) is 5.79 Å². The van der Waals surface area contributed by atoms with Crippen LogP contribution >= 0.6 is 27.5 Å². The quantitative estimate of drug-likeness (QED) is 0.842. The topological polar surface area (TPSA) is 30.5 Å². The summed E-state index contributed by atoms with van der Waals surface area (Å²) in [6.07, 6.45) is 4.03. The molecule has 1 aromatic rings. The van der Waals surface area contributed by atoms with E-state index < -0.39 is 0 Å². The number of aryl methyl sites for hydroxylation is 1. The predicted molar refractivity (Wildman–Crippen MR) is 84.4 cm³/mol. The summed E-state index contributed by atoms with van der Waals surface area (Å²) >= 11 is 9.80. The molecule has 1 aliphatic heterocycles. The molecule has 5 heteroatoms. The van der Waals surface area contributed by atoms with Crippen LogP contribution in [0.1, 0.15) is 31.2 Å². The van der Waals surface area contributed by atoms with Gasteiger partial charge >= 0.3 is 0 Å². The Morgan fingerprint density at radius 3 is 2.55 bits per heavy atom. The molecular formula is C15H19BrClNO2. The van der Waals surface area contributed by atoms with Crippen molar-refractivity contribution in [1.82, 2.24) is 0 Å². The second-order valence-corrected chi connectivity index (χ2v) is 6.87. The predicted octanol–water partition coefficient (Wildman–Crippen LogP) is 4.51. The van der Waals surface area contributed by atoms with Crippen molar-refractivity contribution < 1.29 is 9.47 Å². The molecule has 1 aromatic carbocycles. The van der Waals surface area contributed by atoms with Crippen LogP contribution in [0.2, 0.25) is 5.02 Å². The first-order chi connectivity index (χ1) is 9.58. The molecule has 0 amide bonds. The summed E-state index contributed by atoms with van der Waals surface area (Å²) < 4.78 is 12.6. The normalized spacial score (nSPS) is 22.4. The molecule has 0 radical (unpaired) electrons. The lowest BCUT2D eigenvalue weighted by molar-refractivity contribution is -0.177. The number of nitrogens with one attached hydrogen (secondary N) is 1. The summed E-state index contributed by atoms with van der Waals surface area (Å²) in [4.78, 5) is 0. The Hall–Kier alpha value is -0.290. The van der Waals surface area contributed by atoms with Gasteiger partial charge in [-0.3, -0.25) is 0 Å². The highest BCUT2D eigenvalue weighted by Gasteiger charge is 2.40. The van der Waals surface area contributed by atoms with E-state index in [-0.39, 0.29) is 5.79 Å². The first kappa shape index (κ1) is 14.6. The van der Waals surface area contributed by atoms with Crippen molar-refractivity contribution in [2.24, 2.45) is 0 Å². The smallest absolute Gasteiger partial charge is 0.168 e. The van der Waals surface area contributed by atoms with Gasteiger partial charge in [-0.05, 0) is 53.4 Å². The third kappa shape index (κ3) is 2.98. The van der Waals surface area contributed by atoms with Crippen molar-refractivity contribution in [3.63, 3.8) is 0 Å². The van der Waals surface area contributed by atoms with Crippen molar-refractivity contribution >= 4 is 33.2 Å². The third-order valence-corrected chi connectivity index (χ3v) is 5.23. The van der Waals surface area contributed by atoms with Crippen molar-refractivity contribution in [3.8, 4) is 0 Å². The highest BCUT2D eigenvalue weighted by atomic mass is 79.9. The lowest BCUT2D eigenvalue weighted by Gasteiger charge is -2.36. The maximum absolute atomic E-state index is 6.20. The molecule has 3 nitrogen and oxygen atoms in total. The van der Waals surface area contributed by atoms with Gasteiger partial charge in [0, 0.05) is 28.4 Å². The van der Waals surface area contributed by atoms with E-state index in [1.807, 2.05) is 13.0 Å². The molecule has 0 atom stereocenters. The number of halogens is 2. The Labute approximate surface area is 133 Å². The second kappa shape index (κ2) is 5.84. The molecule has 1 saturated carbocycles. The fourth-order valence-electron chi connectivity index (χ4n) is 2.96. The number of anilines is 1. The molecule has 2 fully saturated rings. The zero-order valence-corrected chi connectivity index (χ0v) is 13.9. The van der Waals surface area contributed by atoms with Crippen LogP contribution in [0.15, 0.2) is 16.6 Å². The number of hydrogen-bond acceptors (Lipinski definition) is 3. The molecular weight excluding hydrogens is 342 g/mol. The SMILES string of the molecule is Cc1cc(Br)c(NC2CCC3(CC2)OCCO3)cc1Cl. The number of hydrogen-bond donors (Lipinski definition) is 1. The molecule has 3 rings (SSSR count). The molecule has 0 bridgehead atoms. The van der Waals surface area contributed by atoms with Gasteiger partial charge in [0.25, 0.3) is 0 Å². The van der Waals surface area contributed by atoms with Gasteiger partial charge in [-0.15, -0.1) is 0 Å². The monoisotopic (exact) mass is 359 g/mol. The summed E-state index contributed by atoms with van der Waals surface area (Å²) in [5, 5.41) is 4.38. The zero-order chi connectivity index (χ0) is 14.2. The Kier molecular flexibility index (Phi) is 4.27. The van der Waals surface area contributed by atoms with Crippen LogP contribution in [0, 0.1) is 6.92 Å². The molecule has 1 heterocycles. The lowest BCUT2D eigenvalue weighted by Crippen LogP contribution is -2.39. The minimum Gasteiger partial charge on any atom is -0.381 e. The Balaban J connectivity index is 1.63. The standard InChI is InChI=1S/C15H19BrClNO2/c1-10-8-12(16)14(9-13(10)17)18-11-2-4-15(5-3-11)19-6-7-20-15/h8-9,11,18H,2-7H2,1H3. The summed E-state index contributed by atoms with van der Waals surface area (Å²) in [7, 11) is 0. The molecule has 1 saturated heterocycles. The Morgan fingerprint density at radius 2 is 1.90 bits per heavy atom. The second-order valence-electron chi connectivity index (χ2n) is 5.61. The minimum atomic E-state index is -0.291. The van der Waals surface area contributed by atoms with Crippen molar-refractivity contribution in [1.29, 1.82) is 0 Å². The van der Waals surface area contributed by atoms with E-state index in [1.165, 1.54) is 0 Å². The molecule has 0 unspecified atom stereocenters. The molecule has 1 N–H and O–H groups in total. The minimum absolute atomic E-state index is 0.291. The van der Waals surface area contributed by atoms with E-state index >= 15 is 0 Å². The first-order valence-corrected chi connectivity index (χ1v) is 8.25. The molecule has 110 valence electrons. The summed E-state index contributed by atoms with van der Waals surface area (Å²) in [5.74, 6) is -0.291. The van der Waals surface area contributed by atoms with Crippen LogP contribution in [0.5, 0.6) is 0 Å². The van der Waals surface area contributed by atoms with E-state index in [2.05, 4.69) is 27.3 Å². The van der Waals surface area contributed by atoms with E-state index in [0.717, 1.165) is 59.6 Å². The van der Waals surface area contributed by atoms with Crippen molar-refractivity contribution in [2.45, 2.75) is 44.4 Å². The largest absolute Gasteiger partial charge is 0.381 e. The van der Waals surface area contributed by atoms with Gasteiger partial charge in [0.2, 0.25) is 0 Å². The average molecular weight is 361 g/mol. The molecule has 1 aliphatic carbocycles. The number of benzene rings is 1. The molecule has 1 spiro atoms. The summed E-state index contributed by atoms with van der Waals surface area (Å²) in [5.41, 5.74) is 2.15. The van der Waals surface area contributed by atoms with Crippen LogP contribution in [-0.4, -0.2) is 25.0 Å². The maximum Gasteiger partial charge on any atom is 0.168 e. The van der Waals surface area contributed by atoms with E-state index in [9.17, 15) is 0 Å². The van der Waals surface area contributed by atoms with Crippen LogP contribution in [0.3, 0.4) is 0 Å². The van der Waals surface area contributed by atoms with Gasteiger partial charge in [-0.25, -0.2) is 0 Å². The van der Waals surface area contributed by atoms with E-state index in [4.69, 9.17) is 21.1 Å². The van der Waals surface area contributed by atoms with E-state index in [1.54, 1.807) is 0 Å². The van der Waals surface area contributed by atoms with Crippen LogP contribution in [0.25, 0.3) is 0 Å². The van der Waals surface area contributed by atoms with Gasteiger partial charge in [-0.1, -0.05) is 11.6 Å². The average Bonchev–Trinajstić information content (AvgIpc) is 2.87. The van der Waals surface area contributed by atoms with Crippen molar-refractivity contribution in [2.75, 3.05) is 18.5 Å². The highest BCUT2D eigenvalue weighted by Crippen LogP contribution is 2.38. The number of rotatable bonds is 2. The van der Waals surface area contributed by atoms with Crippen LogP contribution < -0.4 is 5.32 Å². The zero-order valence-electron chi connectivity index (χ0n) is 11.5. The fraction of sp³-hybridized carbons (Fsp3) is 0.600. The fourth-order valence-corrected chi connectivity index (χ4v) is 3.70. The van der Waals surface area contributed by atoms with Gasteiger partial charge in [0.1, 0.15) is 0 Å².